The van der Waals surface area contributed by atoms with Gasteiger partial charge in [0.25, 0.3) is 5.78 Å². The van der Waals surface area contributed by atoms with E-state index in [1.54, 1.807) is 6.07 Å². The number of carbonyl (C=O) groups is 3. The fourth-order valence-corrected chi connectivity index (χ4v) is 4.73. The van der Waals surface area contributed by atoms with Crippen molar-refractivity contribution in [2.24, 2.45) is 0 Å². The van der Waals surface area contributed by atoms with E-state index in [-0.39, 0.29) is 35.0 Å². The van der Waals surface area contributed by atoms with Crippen LogP contribution in [-0.4, -0.2) is 52.0 Å². The molecule has 7 nitrogen and oxygen atoms in total. The van der Waals surface area contributed by atoms with Gasteiger partial charge in [-0.3, -0.25) is 14.4 Å². The molecule has 1 aromatic heterocycles. The number of nitrogens with one attached hydrogen (secondary N) is 1. The van der Waals surface area contributed by atoms with Crippen LogP contribution < -0.4 is 5.32 Å². The summed E-state index contributed by atoms with van der Waals surface area (Å²) in [5.41, 5.74) is -0.679. The molecule has 0 bridgehead atoms. The lowest BCUT2D eigenvalue weighted by molar-refractivity contribution is -0.139. The highest BCUT2D eigenvalue weighted by Crippen LogP contribution is 2.31. The first-order valence-electron chi connectivity index (χ1n) is 11.2. The van der Waals surface area contributed by atoms with Crippen LogP contribution in [-0.2, 0) is 22.7 Å². The number of ketones is 1. The average Bonchev–Trinajstić information content (AvgIpc) is 3.42. The van der Waals surface area contributed by atoms with E-state index < -0.39 is 60.5 Å². The number of halogens is 6. The van der Waals surface area contributed by atoms with E-state index >= 15 is 0 Å². The minimum absolute atomic E-state index is 0.0240. The first-order chi connectivity index (χ1) is 17.9. The Morgan fingerprint density at radius 1 is 1.18 bits per heavy atom. The van der Waals surface area contributed by atoms with Crippen molar-refractivity contribution in [3.63, 3.8) is 0 Å². The molecule has 2 aromatic carbocycles. The second-order valence-electron chi connectivity index (χ2n) is 8.66. The summed E-state index contributed by atoms with van der Waals surface area (Å²) in [6.07, 6.45) is -6.09. The number of aromatic nitrogens is 1. The van der Waals surface area contributed by atoms with Crippen LogP contribution >= 0.6 is 15.9 Å². The smallest absolute Gasteiger partial charge is 0.350 e. The fraction of sp³-hybridized carbons (Fsp3) is 0.280. The Kier molecular flexibility index (Phi) is 7.55. The topological polar surface area (TPSA) is 95.2 Å². The number of nitriles is 1. The summed E-state index contributed by atoms with van der Waals surface area (Å²) >= 11 is 3.21. The van der Waals surface area contributed by atoms with Gasteiger partial charge in [0.1, 0.15) is 30.6 Å². The lowest BCUT2D eigenvalue weighted by Crippen LogP contribution is -2.46. The van der Waals surface area contributed by atoms with Gasteiger partial charge >= 0.3 is 6.18 Å². The summed E-state index contributed by atoms with van der Waals surface area (Å²) in [4.78, 5) is 38.9. The largest absolute Gasteiger partial charge is 0.454 e. The van der Waals surface area contributed by atoms with Crippen LogP contribution in [0.4, 0.5) is 22.0 Å². The molecule has 2 heterocycles. The summed E-state index contributed by atoms with van der Waals surface area (Å²) in [7, 11) is 0. The maximum Gasteiger partial charge on any atom is 0.454 e. The van der Waals surface area contributed by atoms with E-state index in [4.69, 9.17) is 5.26 Å². The Morgan fingerprint density at radius 3 is 2.61 bits per heavy atom. The Balaban J connectivity index is 1.55. The van der Waals surface area contributed by atoms with Crippen LogP contribution in [0.1, 0.15) is 27.9 Å². The highest BCUT2D eigenvalue weighted by atomic mass is 79.9. The number of carbonyl (C=O) groups excluding carboxylic acids is 3. The molecular weight excluding hydrogens is 579 g/mol. The van der Waals surface area contributed by atoms with Gasteiger partial charge in [-0.1, -0.05) is 34.1 Å². The van der Waals surface area contributed by atoms with E-state index in [0.29, 0.717) is 4.47 Å². The molecule has 2 amide bonds. The molecule has 2 atom stereocenters. The first-order valence-corrected chi connectivity index (χ1v) is 12.0. The Bertz CT molecular complexity index is 1480. The number of amides is 2. The van der Waals surface area contributed by atoms with Crippen LogP contribution in [0.15, 0.2) is 47.1 Å². The summed E-state index contributed by atoms with van der Waals surface area (Å²) in [6, 6.07) is 8.70. The molecule has 1 saturated heterocycles. The van der Waals surface area contributed by atoms with Crippen LogP contribution in [0.25, 0.3) is 10.9 Å². The number of fused-ring (bicyclic) bond motifs is 1. The number of Topliss-reactive ketones (excluding diaryl/α,β-unsaturated/α-hetero) is 1. The third-order valence-electron chi connectivity index (χ3n) is 6.18. The standard InChI is InChI=1S/C25H18BrF5N4O3/c26-15-4-5-17-18(23(37)25(29,30)31)11-34(19(17)6-15)12-21(36)35-10-16(27)7-20(35)24(38)33-9-14-3-1-2-13(8-32)22(14)28/h1-6,11,16,20H,7,9-10,12H2,(H,33,38)/t16-,20+/m1/s1. The zero-order chi connectivity index (χ0) is 27.8. The van der Waals surface area contributed by atoms with Crippen molar-refractivity contribution < 1.29 is 36.3 Å². The lowest BCUT2D eigenvalue weighted by atomic mass is 10.1. The molecular formula is C25H18BrF5N4O3. The maximum absolute atomic E-state index is 14.3. The van der Waals surface area contributed by atoms with Gasteiger partial charge in [-0.15, -0.1) is 0 Å². The molecule has 198 valence electrons. The van der Waals surface area contributed by atoms with E-state index in [2.05, 4.69) is 21.2 Å². The van der Waals surface area contributed by atoms with Crippen molar-refractivity contribution in [3.05, 3.63) is 69.6 Å². The van der Waals surface area contributed by atoms with Gasteiger partial charge in [-0.2, -0.15) is 18.4 Å². The summed E-state index contributed by atoms with van der Waals surface area (Å²) in [5, 5.41) is 11.4. The number of nitrogens with zero attached hydrogens (tertiary/aromatic N) is 3. The van der Waals surface area contributed by atoms with Crippen molar-refractivity contribution >= 4 is 44.4 Å². The number of hydrogen-bond acceptors (Lipinski definition) is 4. The minimum atomic E-state index is -5.14. The lowest BCUT2D eigenvalue weighted by Gasteiger charge is -2.24. The molecule has 1 fully saturated rings. The SMILES string of the molecule is N#Cc1cccc(CNC(=O)[C@@H]2C[C@@H](F)CN2C(=O)Cn2cc(C(=O)C(F)(F)F)c3ccc(Br)cc32)c1F. The van der Waals surface area contributed by atoms with Gasteiger partial charge in [0.2, 0.25) is 11.8 Å². The molecule has 13 heteroatoms. The maximum atomic E-state index is 14.3. The third kappa shape index (κ3) is 5.40. The van der Waals surface area contributed by atoms with Gasteiger partial charge in [0, 0.05) is 34.6 Å². The predicted molar refractivity (Wildman–Crippen MR) is 128 cm³/mol. The summed E-state index contributed by atoms with van der Waals surface area (Å²) in [5.74, 6) is -4.40. The monoisotopic (exact) mass is 596 g/mol. The van der Waals surface area contributed by atoms with Gasteiger partial charge in [-0.05, 0) is 18.2 Å². The van der Waals surface area contributed by atoms with Crippen LogP contribution in [0.5, 0.6) is 0 Å². The number of rotatable bonds is 6. The first kappa shape index (κ1) is 27.3. The number of hydrogen-bond donors (Lipinski definition) is 1. The summed E-state index contributed by atoms with van der Waals surface area (Å²) < 4.78 is 69.6. The van der Waals surface area contributed by atoms with Gasteiger partial charge in [0.05, 0.1) is 23.2 Å². The molecule has 1 aliphatic rings. The van der Waals surface area contributed by atoms with Gasteiger partial charge in [0.15, 0.2) is 0 Å². The highest BCUT2D eigenvalue weighted by Gasteiger charge is 2.42. The Labute approximate surface area is 220 Å². The second kappa shape index (κ2) is 10.5. The van der Waals surface area contributed by atoms with Crippen molar-refractivity contribution in [2.45, 2.75) is 37.9 Å². The van der Waals surface area contributed by atoms with Gasteiger partial charge < -0.3 is 14.8 Å². The van der Waals surface area contributed by atoms with E-state index in [9.17, 15) is 36.3 Å². The van der Waals surface area contributed by atoms with Crippen LogP contribution in [0.2, 0.25) is 0 Å². The van der Waals surface area contributed by atoms with Crippen molar-refractivity contribution in [1.29, 1.82) is 5.26 Å². The predicted octanol–water partition coefficient (Wildman–Crippen LogP) is 4.41. The van der Waals surface area contributed by atoms with E-state index in [1.165, 1.54) is 36.4 Å². The van der Waals surface area contributed by atoms with E-state index in [0.717, 1.165) is 15.7 Å². The Hall–Kier alpha value is -3.79. The molecule has 1 N–H and O–H groups in total. The quantitative estimate of drug-likeness (QED) is 0.337. The number of benzene rings is 2. The molecule has 4 rings (SSSR count). The molecule has 0 unspecified atom stereocenters. The van der Waals surface area contributed by atoms with Crippen LogP contribution in [0, 0.1) is 17.1 Å². The van der Waals surface area contributed by atoms with Crippen molar-refractivity contribution in [1.82, 2.24) is 14.8 Å². The molecule has 3 aromatic rings. The second-order valence-corrected chi connectivity index (χ2v) is 9.58. The molecule has 0 spiro atoms. The van der Waals surface area contributed by atoms with Crippen LogP contribution in [0.3, 0.4) is 0 Å². The highest BCUT2D eigenvalue weighted by molar-refractivity contribution is 9.10. The molecule has 0 radical (unpaired) electrons. The molecule has 38 heavy (non-hydrogen) atoms. The zero-order valence-corrected chi connectivity index (χ0v) is 20.9. The number of likely N-dealkylation sites (tertiary alicyclic amines) is 1. The summed E-state index contributed by atoms with van der Waals surface area (Å²) in [6.45, 7) is -1.30. The van der Waals surface area contributed by atoms with Crippen molar-refractivity contribution in [2.75, 3.05) is 6.54 Å². The zero-order valence-electron chi connectivity index (χ0n) is 19.4. The van der Waals surface area contributed by atoms with Crippen molar-refractivity contribution in [3.8, 4) is 6.07 Å². The van der Waals surface area contributed by atoms with E-state index in [1.807, 2.05) is 0 Å². The normalized spacial score (nSPS) is 17.4. The third-order valence-corrected chi connectivity index (χ3v) is 6.67. The average molecular weight is 597 g/mol. The fourth-order valence-electron chi connectivity index (χ4n) is 4.38. The number of alkyl halides is 4. The Morgan fingerprint density at radius 2 is 1.92 bits per heavy atom. The minimum Gasteiger partial charge on any atom is -0.350 e. The van der Waals surface area contributed by atoms with Gasteiger partial charge in [-0.25, -0.2) is 8.78 Å². The molecule has 0 saturated carbocycles. The molecule has 0 aliphatic carbocycles. The molecule has 1 aliphatic heterocycles.